The molecule has 0 bridgehead atoms. The summed E-state index contributed by atoms with van der Waals surface area (Å²) < 4.78 is 22.4. The van der Waals surface area contributed by atoms with Crippen LogP contribution in [0.15, 0.2) is 35.5 Å². The van der Waals surface area contributed by atoms with Crippen LogP contribution in [-0.2, 0) is 18.9 Å². The molecule has 0 aliphatic carbocycles. The molecule has 2 heterocycles. The van der Waals surface area contributed by atoms with Gasteiger partial charge < -0.3 is 24.2 Å². The van der Waals surface area contributed by atoms with Crippen molar-refractivity contribution in [3.63, 3.8) is 0 Å². The molecule has 1 N–H and O–H groups in total. The maximum absolute atomic E-state index is 9.16. The van der Waals surface area contributed by atoms with E-state index in [9.17, 15) is 0 Å². The third-order valence-corrected chi connectivity index (χ3v) is 3.51. The second-order valence-corrected chi connectivity index (χ2v) is 4.77. The number of rotatable bonds is 2. The summed E-state index contributed by atoms with van der Waals surface area (Å²) in [6, 6.07) is 9.65. The molecule has 2 aliphatic rings. The SMILES string of the molecule is CO[C@@H]1C/C(=N/O)[C@@H]2OC(c3ccccc3)OC[C@H]2O1. The first kappa shape index (κ1) is 13.5. The normalized spacial score (nSPS) is 35.8. The molecule has 108 valence electrons. The summed E-state index contributed by atoms with van der Waals surface area (Å²) in [5.41, 5.74) is 1.45. The third-order valence-electron chi connectivity index (χ3n) is 3.51. The van der Waals surface area contributed by atoms with Crippen molar-refractivity contribution in [1.29, 1.82) is 0 Å². The zero-order valence-electron chi connectivity index (χ0n) is 11.1. The molecule has 0 saturated carbocycles. The van der Waals surface area contributed by atoms with Crippen LogP contribution in [0.25, 0.3) is 0 Å². The van der Waals surface area contributed by atoms with Crippen molar-refractivity contribution in [3.05, 3.63) is 35.9 Å². The van der Waals surface area contributed by atoms with Gasteiger partial charge in [0.25, 0.3) is 0 Å². The Morgan fingerprint density at radius 2 is 2.05 bits per heavy atom. The quantitative estimate of drug-likeness (QED) is 0.659. The summed E-state index contributed by atoms with van der Waals surface area (Å²) in [5, 5.41) is 12.5. The number of benzene rings is 1. The molecule has 0 radical (unpaired) electrons. The van der Waals surface area contributed by atoms with Gasteiger partial charge in [-0.05, 0) is 0 Å². The van der Waals surface area contributed by atoms with Crippen molar-refractivity contribution in [2.45, 2.75) is 31.2 Å². The van der Waals surface area contributed by atoms with Crippen LogP contribution in [0.1, 0.15) is 18.3 Å². The van der Waals surface area contributed by atoms with E-state index in [1.165, 1.54) is 0 Å². The Morgan fingerprint density at radius 1 is 1.25 bits per heavy atom. The average Bonchev–Trinajstić information content (AvgIpc) is 2.54. The number of hydrogen-bond acceptors (Lipinski definition) is 6. The van der Waals surface area contributed by atoms with E-state index in [-0.39, 0.29) is 6.10 Å². The van der Waals surface area contributed by atoms with Crippen molar-refractivity contribution in [2.24, 2.45) is 5.16 Å². The maximum Gasteiger partial charge on any atom is 0.184 e. The lowest BCUT2D eigenvalue weighted by Crippen LogP contribution is -2.53. The van der Waals surface area contributed by atoms with Crippen molar-refractivity contribution >= 4 is 5.71 Å². The summed E-state index contributed by atoms with van der Waals surface area (Å²) in [7, 11) is 1.55. The highest BCUT2D eigenvalue weighted by atomic mass is 16.7. The van der Waals surface area contributed by atoms with Crippen LogP contribution in [0.5, 0.6) is 0 Å². The number of hydrogen-bond donors (Lipinski definition) is 1. The largest absolute Gasteiger partial charge is 0.411 e. The van der Waals surface area contributed by atoms with Gasteiger partial charge in [0.05, 0.1) is 12.3 Å². The molecule has 6 nitrogen and oxygen atoms in total. The molecule has 2 aliphatic heterocycles. The van der Waals surface area contributed by atoms with E-state index in [4.69, 9.17) is 24.2 Å². The van der Waals surface area contributed by atoms with E-state index in [1.54, 1.807) is 7.11 Å². The van der Waals surface area contributed by atoms with Crippen LogP contribution in [0.3, 0.4) is 0 Å². The van der Waals surface area contributed by atoms with Gasteiger partial charge in [-0.2, -0.15) is 0 Å². The summed E-state index contributed by atoms with van der Waals surface area (Å²) in [5.74, 6) is 0. The lowest BCUT2D eigenvalue weighted by molar-refractivity contribution is -0.286. The van der Waals surface area contributed by atoms with Crippen LogP contribution in [0.4, 0.5) is 0 Å². The van der Waals surface area contributed by atoms with Crippen molar-refractivity contribution < 1.29 is 24.2 Å². The Balaban J connectivity index is 1.76. The van der Waals surface area contributed by atoms with E-state index in [0.717, 1.165) is 5.56 Å². The average molecular weight is 279 g/mol. The Labute approximate surface area is 116 Å². The molecule has 4 atom stereocenters. The molecule has 0 amide bonds. The highest BCUT2D eigenvalue weighted by molar-refractivity contribution is 5.89. The van der Waals surface area contributed by atoms with Gasteiger partial charge in [0, 0.05) is 19.1 Å². The molecule has 1 unspecified atom stereocenters. The zero-order valence-corrected chi connectivity index (χ0v) is 11.1. The number of methoxy groups -OCH3 is 1. The van der Waals surface area contributed by atoms with E-state index in [1.807, 2.05) is 30.3 Å². The molecule has 0 aromatic heterocycles. The molecule has 3 rings (SSSR count). The van der Waals surface area contributed by atoms with Gasteiger partial charge in [-0.3, -0.25) is 0 Å². The van der Waals surface area contributed by atoms with Crippen molar-refractivity contribution in [1.82, 2.24) is 0 Å². The van der Waals surface area contributed by atoms with E-state index >= 15 is 0 Å². The standard InChI is InChI=1S/C14H17NO5/c1-17-12-7-10(15-16)13-11(19-12)8-18-14(20-13)9-5-3-2-4-6-9/h2-6,11-14,16H,7-8H2,1H3/b15-10-/t11-,12+,13+,14?/m1/s1. The number of fused-ring (bicyclic) bond motifs is 1. The van der Waals surface area contributed by atoms with E-state index < -0.39 is 18.7 Å². The van der Waals surface area contributed by atoms with Crippen molar-refractivity contribution in [3.8, 4) is 0 Å². The summed E-state index contributed by atoms with van der Waals surface area (Å²) in [6.07, 6.45) is -1.25. The molecule has 6 heteroatoms. The Hall–Kier alpha value is -1.47. The maximum atomic E-state index is 9.16. The minimum Gasteiger partial charge on any atom is -0.411 e. The fourth-order valence-corrected chi connectivity index (χ4v) is 2.49. The second kappa shape index (κ2) is 5.88. The Kier molecular flexibility index (Phi) is 3.98. The summed E-state index contributed by atoms with van der Waals surface area (Å²) in [6.45, 7) is 0.364. The van der Waals surface area contributed by atoms with Crippen LogP contribution in [-0.4, -0.2) is 43.1 Å². The van der Waals surface area contributed by atoms with Gasteiger partial charge in [0.2, 0.25) is 0 Å². The number of oxime groups is 1. The lowest BCUT2D eigenvalue weighted by atomic mass is 10.0. The van der Waals surface area contributed by atoms with Gasteiger partial charge in [-0.1, -0.05) is 35.5 Å². The van der Waals surface area contributed by atoms with Crippen LogP contribution >= 0.6 is 0 Å². The minimum atomic E-state index is -0.475. The lowest BCUT2D eigenvalue weighted by Gasteiger charge is -2.41. The monoisotopic (exact) mass is 279 g/mol. The molecule has 1 aromatic rings. The molecule has 2 saturated heterocycles. The fraction of sp³-hybridized carbons (Fsp3) is 0.500. The van der Waals surface area contributed by atoms with Gasteiger partial charge in [0.15, 0.2) is 12.6 Å². The van der Waals surface area contributed by atoms with Crippen LogP contribution in [0.2, 0.25) is 0 Å². The van der Waals surface area contributed by atoms with Gasteiger partial charge in [-0.25, -0.2) is 0 Å². The second-order valence-electron chi connectivity index (χ2n) is 4.77. The molecule has 2 fully saturated rings. The fourth-order valence-electron chi connectivity index (χ4n) is 2.49. The third kappa shape index (κ3) is 2.55. The zero-order chi connectivity index (χ0) is 13.9. The first-order valence-corrected chi connectivity index (χ1v) is 6.53. The van der Waals surface area contributed by atoms with Crippen LogP contribution < -0.4 is 0 Å². The van der Waals surface area contributed by atoms with E-state index in [0.29, 0.717) is 18.7 Å². The topological polar surface area (TPSA) is 69.5 Å². The molecule has 0 spiro atoms. The highest BCUT2D eigenvalue weighted by Gasteiger charge is 2.42. The van der Waals surface area contributed by atoms with Crippen LogP contribution in [0, 0.1) is 0 Å². The van der Waals surface area contributed by atoms with Gasteiger partial charge >= 0.3 is 0 Å². The molecule has 1 aromatic carbocycles. The number of nitrogens with zero attached hydrogens (tertiary/aromatic N) is 1. The molecular formula is C14H17NO5. The van der Waals surface area contributed by atoms with E-state index in [2.05, 4.69) is 5.16 Å². The summed E-state index contributed by atoms with van der Waals surface area (Å²) in [4.78, 5) is 0. The predicted molar refractivity (Wildman–Crippen MR) is 69.5 cm³/mol. The summed E-state index contributed by atoms with van der Waals surface area (Å²) >= 11 is 0. The minimum absolute atomic E-state index is 0.320. The highest BCUT2D eigenvalue weighted by Crippen LogP contribution is 2.32. The molecular weight excluding hydrogens is 262 g/mol. The Bertz CT molecular complexity index is 478. The van der Waals surface area contributed by atoms with Gasteiger partial charge in [0.1, 0.15) is 12.2 Å². The van der Waals surface area contributed by atoms with Gasteiger partial charge in [-0.15, -0.1) is 0 Å². The van der Waals surface area contributed by atoms with Crippen molar-refractivity contribution in [2.75, 3.05) is 13.7 Å². The first-order valence-electron chi connectivity index (χ1n) is 6.53. The Morgan fingerprint density at radius 3 is 2.75 bits per heavy atom. The predicted octanol–water partition coefficient (Wildman–Crippen LogP) is 1.69. The number of ether oxygens (including phenoxy) is 4. The molecule has 20 heavy (non-hydrogen) atoms. The smallest absolute Gasteiger partial charge is 0.184 e. The first-order chi connectivity index (χ1) is 9.81.